The molecule has 4 N–H and O–H groups in total. The molecule has 8 nitrogen and oxygen atoms in total. The number of benzene rings is 2. The SMILES string of the molecule is O=C(O)C(=O)O.c1csc(C(CNCc2ccc(-n3ccnc3)cc2)c2c[nH]c3ccccc23)c1. The molecule has 5 aromatic rings. The highest BCUT2D eigenvalue weighted by molar-refractivity contribution is 7.10. The van der Waals surface area contributed by atoms with E-state index in [1.807, 2.05) is 28.4 Å². The lowest BCUT2D eigenvalue weighted by Gasteiger charge is -2.16. The Balaban J connectivity index is 0.000000431. The van der Waals surface area contributed by atoms with E-state index in [0.29, 0.717) is 5.92 Å². The highest BCUT2D eigenvalue weighted by atomic mass is 32.1. The van der Waals surface area contributed by atoms with Crippen LogP contribution in [0.5, 0.6) is 0 Å². The monoisotopic (exact) mass is 488 g/mol. The van der Waals surface area contributed by atoms with Crippen molar-refractivity contribution in [2.45, 2.75) is 12.5 Å². The van der Waals surface area contributed by atoms with E-state index in [1.54, 1.807) is 6.20 Å². The van der Waals surface area contributed by atoms with Crippen molar-refractivity contribution in [1.82, 2.24) is 19.9 Å². The Kier molecular flexibility index (Phi) is 7.71. The first-order valence-corrected chi connectivity index (χ1v) is 11.7. The Morgan fingerprint density at radius 1 is 1.03 bits per heavy atom. The summed E-state index contributed by atoms with van der Waals surface area (Å²) in [4.78, 5) is 27.1. The van der Waals surface area contributed by atoms with Gasteiger partial charge in [-0.05, 0) is 40.8 Å². The molecule has 0 amide bonds. The average Bonchev–Trinajstić information content (AvgIpc) is 3.65. The van der Waals surface area contributed by atoms with Gasteiger partial charge in [-0.3, -0.25) is 0 Å². The lowest BCUT2D eigenvalue weighted by atomic mass is 9.96. The van der Waals surface area contributed by atoms with Crippen LogP contribution < -0.4 is 5.32 Å². The standard InChI is InChI=1S/C24H22N4S.C2H2O4/c1-2-5-23-20(4-1)21(16-27-23)22(24-6-3-13-29-24)15-26-14-18-7-9-19(10-8-18)28-12-11-25-17-28;3-1(4)2(5)6/h1-13,16-17,22,26-27H,14-15H2;(H,3,4)(H,5,6). The van der Waals surface area contributed by atoms with Crippen LogP contribution in [-0.2, 0) is 16.1 Å². The molecular weight excluding hydrogens is 464 g/mol. The summed E-state index contributed by atoms with van der Waals surface area (Å²) in [6.07, 6.45) is 7.74. The van der Waals surface area contributed by atoms with Crippen LogP contribution >= 0.6 is 11.3 Å². The number of aromatic amines is 1. The zero-order chi connectivity index (χ0) is 24.6. The highest BCUT2D eigenvalue weighted by Gasteiger charge is 2.18. The predicted molar refractivity (Wildman–Crippen MR) is 135 cm³/mol. The number of hydrogen-bond acceptors (Lipinski definition) is 5. The molecule has 178 valence electrons. The van der Waals surface area contributed by atoms with E-state index in [-0.39, 0.29) is 0 Å². The lowest BCUT2D eigenvalue weighted by Crippen LogP contribution is -2.21. The van der Waals surface area contributed by atoms with E-state index in [1.165, 1.54) is 26.9 Å². The van der Waals surface area contributed by atoms with Gasteiger partial charge in [-0.2, -0.15) is 0 Å². The smallest absolute Gasteiger partial charge is 0.414 e. The molecule has 2 aromatic carbocycles. The van der Waals surface area contributed by atoms with Gasteiger partial charge in [0.2, 0.25) is 0 Å². The fraction of sp³-hybridized carbons (Fsp3) is 0.115. The summed E-state index contributed by atoms with van der Waals surface area (Å²) in [5, 5.41) is 21.9. The Bertz CT molecular complexity index is 1360. The number of aliphatic carboxylic acids is 2. The van der Waals surface area contributed by atoms with Crippen LogP contribution in [0.4, 0.5) is 0 Å². The number of imidazole rings is 1. The summed E-state index contributed by atoms with van der Waals surface area (Å²) in [6.45, 7) is 1.74. The Hall–Kier alpha value is -4.21. The fourth-order valence-corrected chi connectivity index (χ4v) is 4.64. The summed E-state index contributed by atoms with van der Waals surface area (Å²) < 4.78 is 2.01. The molecule has 0 aliphatic heterocycles. The van der Waals surface area contributed by atoms with Crippen LogP contribution in [0.25, 0.3) is 16.6 Å². The highest BCUT2D eigenvalue weighted by Crippen LogP contribution is 2.32. The molecule has 1 atom stereocenters. The molecule has 3 heterocycles. The third-order valence-electron chi connectivity index (χ3n) is 5.48. The molecule has 35 heavy (non-hydrogen) atoms. The number of carboxylic acid groups (broad SMARTS) is 2. The van der Waals surface area contributed by atoms with Crippen molar-refractivity contribution in [3.05, 3.63) is 107 Å². The van der Waals surface area contributed by atoms with E-state index >= 15 is 0 Å². The van der Waals surface area contributed by atoms with E-state index < -0.39 is 11.9 Å². The number of nitrogens with zero attached hydrogens (tertiary/aromatic N) is 2. The van der Waals surface area contributed by atoms with Gasteiger partial charge in [0.05, 0.1) is 6.33 Å². The largest absolute Gasteiger partial charge is 0.473 e. The molecule has 5 rings (SSSR count). The van der Waals surface area contributed by atoms with Gasteiger partial charge in [0.15, 0.2) is 0 Å². The van der Waals surface area contributed by atoms with Gasteiger partial charge < -0.3 is 25.1 Å². The molecule has 0 saturated heterocycles. The molecule has 0 aliphatic carbocycles. The number of rotatable bonds is 7. The maximum absolute atomic E-state index is 9.10. The van der Waals surface area contributed by atoms with Gasteiger partial charge in [0.25, 0.3) is 0 Å². The van der Waals surface area contributed by atoms with Gasteiger partial charge in [-0.15, -0.1) is 11.3 Å². The third-order valence-corrected chi connectivity index (χ3v) is 6.47. The minimum atomic E-state index is -1.82. The second-order valence-corrected chi connectivity index (χ2v) is 8.71. The summed E-state index contributed by atoms with van der Waals surface area (Å²) >= 11 is 1.82. The number of fused-ring (bicyclic) bond motifs is 1. The second-order valence-electron chi connectivity index (χ2n) is 7.74. The molecule has 0 bridgehead atoms. The van der Waals surface area contributed by atoms with Crippen LogP contribution in [0.2, 0.25) is 0 Å². The van der Waals surface area contributed by atoms with Gasteiger partial charge in [0.1, 0.15) is 0 Å². The second kappa shape index (κ2) is 11.3. The van der Waals surface area contributed by atoms with Crippen molar-refractivity contribution >= 4 is 34.2 Å². The fourth-order valence-electron chi connectivity index (χ4n) is 3.79. The molecule has 0 saturated carbocycles. The number of carboxylic acids is 2. The summed E-state index contributed by atoms with van der Waals surface area (Å²) in [5.74, 6) is -3.32. The van der Waals surface area contributed by atoms with Crippen molar-refractivity contribution in [3.63, 3.8) is 0 Å². The van der Waals surface area contributed by atoms with E-state index in [2.05, 4.69) is 87.5 Å². The summed E-state index contributed by atoms with van der Waals surface area (Å²) in [7, 11) is 0. The summed E-state index contributed by atoms with van der Waals surface area (Å²) in [5.41, 5.74) is 4.95. The molecule has 0 spiro atoms. The average molecular weight is 489 g/mol. The number of para-hydroxylation sites is 1. The lowest BCUT2D eigenvalue weighted by molar-refractivity contribution is -0.159. The van der Waals surface area contributed by atoms with Gasteiger partial charge >= 0.3 is 11.9 Å². The quantitative estimate of drug-likeness (QED) is 0.251. The first kappa shape index (κ1) is 23.9. The zero-order valence-electron chi connectivity index (χ0n) is 18.7. The van der Waals surface area contributed by atoms with Crippen LogP contribution in [-0.4, -0.2) is 43.2 Å². The number of hydrogen-bond donors (Lipinski definition) is 4. The van der Waals surface area contributed by atoms with Gasteiger partial charge in [-0.1, -0.05) is 36.4 Å². The Morgan fingerprint density at radius 3 is 2.46 bits per heavy atom. The molecule has 1 unspecified atom stereocenters. The number of H-pyrrole nitrogens is 1. The Labute approximate surface area is 205 Å². The first-order chi connectivity index (χ1) is 17.0. The topological polar surface area (TPSA) is 120 Å². The molecule has 9 heteroatoms. The number of carbonyl (C=O) groups is 2. The van der Waals surface area contributed by atoms with Crippen LogP contribution in [0.15, 0.2) is 91.0 Å². The molecular formula is C26H24N4O4S. The van der Waals surface area contributed by atoms with E-state index in [9.17, 15) is 0 Å². The normalized spacial score (nSPS) is 11.5. The minimum absolute atomic E-state index is 0.330. The van der Waals surface area contributed by atoms with Crippen molar-refractivity contribution in [2.24, 2.45) is 0 Å². The molecule has 3 aromatic heterocycles. The number of thiophene rings is 1. The van der Waals surface area contributed by atoms with Crippen LogP contribution in [0.1, 0.15) is 21.9 Å². The summed E-state index contributed by atoms with van der Waals surface area (Å²) in [6, 6.07) is 21.5. The van der Waals surface area contributed by atoms with Crippen LogP contribution in [0, 0.1) is 0 Å². The van der Waals surface area contributed by atoms with Crippen molar-refractivity contribution in [1.29, 1.82) is 0 Å². The first-order valence-electron chi connectivity index (χ1n) is 10.9. The van der Waals surface area contributed by atoms with Crippen molar-refractivity contribution in [3.8, 4) is 5.69 Å². The number of aromatic nitrogens is 3. The zero-order valence-corrected chi connectivity index (χ0v) is 19.5. The van der Waals surface area contributed by atoms with Gasteiger partial charge in [-0.25, -0.2) is 14.6 Å². The van der Waals surface area contributed by atoms with E-state index in [0.717, 1.165) is 18.8 Å². The minimum Gasteiger partial charge on any atom is -0.473 e. The predicted octanol–water partition coefficient (Wildman–Crippen LogP) is 4.49. The molecule has 0 fully saturated rings. The van der Waals surface area contributed by atoms with Crippen molar-refractivity contribution in [2.75, 3.05) is 6.54 Å². The van der Waals surface area contributed by atoms with E-state index in [4.69, 9.17) is 19.8 Å². The maximum atomic E-state index is 9.10. The maximum Gasteiger partial charge on any atom is 0.414 e. The van der Waals surface area contributed by atoms with Crippen LogP contribution in [0.3, 0.4) is 0 Å². The third kappa shape index (κ3) is 6.03. The molecule has 0 radical (unpaired) electrons. The Morgan fingerprint density at radius 2 is 1.80 bits per heavy atom. The van der Waals surface area contributed by atoms with Gasteiger partial charge in [0, 0.05) is 59.1 Å². The molecule has 0 aliphatic rings. The van der Waals surface area contributed by atoms with Crippen molar-refractivity contribution < 1.29 is 19.8 Å². The number of nitrogens with one attached hydrogen (secondary N) is 2.